The van der Waals surface area contributed by atoms with Crippen molar-refractivity contribution in [2.24, 2.45) is 11.8 Å². The van der Waals surface area contributed by atoms with Crippen molar-refractivity contribution in [1.29, 1.82) is 0 Å². The average molecular weight is 497 g/mol. The maximum Gasteiger partial charge on any atom is 0.247 e. The first-order valence-corrected chi connectivity index (χ1v) is 13.8. The number of carbonyl (C=O) groups is 3. The average Bonchev–Trinajstić information content (AvgIpc) is 3.16. The van der Waals surface area contributed by atoms with E-state index in [4.69, 9.17) is 0 Å². The summed E-state index contributed by atoms with van der Waals surface area (Å²) in [5, 5.41) is 3.00. The Morgan fingerprint density at radius 1 is 0.833 bits per heavy atom. The molecule has 1 N–H and O–H groups in total. The van der Waals surface area contributed by atoms with Crippen LogP contribution in [0.15, 0.2) is 72.8 Å². The molecule has 3 atom stereocenters. The molecule has 3 aromatic rings. The molecule has 7 rings (SSSR count). The topological polar surface area (TPSA) is 66.5 Å². The fraction of sp³-hybridized carbons (Fsp3) is 0.300. The van der Waals surface area contributed by atoms with E-state index >= 15 is 0 Å². The molecule has 1 saturated heterocycles. The number of amides is 3. The Hall–Kier alpha value is -3.38. The van der Waals surface area contributed by atoms with Crippen LogP contribution in [0.1, 0.15) is 46.1 Å². The Bertz CT molecular complexity index is 1270. The summed E-state index contributed by atoms with van der Waals surface area (Å²) in [6.45, 7) is 1.93. The van der Waals surface area contributed by atoms with Crippen molar-refractivity contribution in [1.82, 2.24) is 4.90 Å². The molecule has 1 fully saturated rings. The Kier molecular flexibility index (Phi) is 5.72. The Balaban J connectivity index is 1.41. The standard InChI is InChI=1S/C30H28N2O3S/c1-17-9-3-8-14-22(17)31-28(33)23(15-16-36-2)32-29(34)26-24-18-10-4-5-11-19(18)25(27(26)30(32)35)21-13-7-6-12-20(21)24/h3-14,23-27H,15-16H2,1-2H3,(H,31,33)/t23-,24?,25?,26+,27+/m1/s1. The van der Waals surface area contributed by atoms with Crippen LogP contribution in [-0.4, -0.2) is 40.7 Å². The first-order chi connectivity index (χ1) is 17.5. The third-order valence-electron chi connectivity index (χ3n) is 8.10. The fourth-order valence-electron chi connectivity index (χ4n) is 6.54. The second kappa shape index (κ2) is 8.93. The van der Waals surface area contributed by atoms with E-state index in [1.807, 2.05) is 61.7 Å². The summed E-state index contributed by atoms with van der Waals surface area (Å²) >= 11 is 1.61. The molecule has 0 radical (unpaired) electrons. The van der Waals surface area contributed by atoms with Gasteiger partial charge in [-0.05, 0) is 59.2 Å². The van der Waals surface area contributed by atoms with Gasteiger partial charge in [-0.2, -0.15) is 11.8 Å². The molecule has 0 spiro atoms. The van der Waals surface area contributed by atoms with Crippen LogP contribution in [0.5, 0.6) is 0 Å². The largest absolute Gasteiger partial charge is 0.324 e. The molecule has 3 amide bonds. The molecular weight excluding hydrogens is 468 g/mol. The minimum absolute atomic E-state index is 0.172. The number of para-hydroxylation sites is 1. The highest BCUT2D eigenvalue weighted by atomic mass is 32.2. The predicted molar refractivity (Wildman–Crippen MR) is 142 cm³/mol. The lowest BCUT2D eigenvalue weighted by Gasteiger charge is -2.45. The highest BCUT2D eigenvalue weighted by Crippen LogP contribution is 2.61. The van der Waals surface area contributed by atoms with Gasteiger partial charge in [0.1, 0.15) is 6.04 Å². The highest BCUT2D eigenvalue weighted by molar-refractivity contribution is 7.98. The van der Waals surface area contributed by atoms with Crippen molar-refractivity contribution in [3.05, 3.63) is 101 Å². The summed E-state index contributed by atoms with van der Waals surface area (Å²) in [5.41, 5.74) is 6.18. The van der Waals surface area contributed by atoms with Gasteiger partial charge < -0.3 is 5.32 Å². The monoisotopic (exact) mass is 496 g/mol. The molecule has 0 aromatic heterocycles. The van der Waals surface area contributed by atoms with Crippen molar-refractivity contribution in [2.75, 3.05) is 17.3 Å². The number of thioether (sulfide) groups is 1. The Morgan fingerprint density at radius 3 is 1.78 bits per heavy atom. The van der Waals surface area contributed by atoms with Crippen LogP contribution < -0.4 is 5.32 Å². The molecule has 1 heterocycles. The summed E-state index contributed by atoms with van der Waals surface area (Å²) in [7, 11) is 0. The van der Waals surface area contributed by atoms with Gasteiger partial charge in [-0.3, -0.25) is 19.3 Å². The summed E-state index contributed by atoms with van der Waals surface area (Å²) in [4.78, 5) is 43.1. The fourth-order valence-corrected chi connectivity index (χ4v) is 7.00. The number of nitrogens with zero attached hydrogens (tertiary/aromatic N) is 1. The van der Waals surface area contributed by atoms with E-state index in [2.05, 4.69) is 29.6 Å². The summed E-state index contributed by atoms with van der Waals surface area (Å²) in [6, 6.07) is 23.1. The quantitative estimate of drug-likeness (QED) is 0.491. The van der Waals surface area contributed by atoms with E-state index in [9.17, 15) is 14.4 Å². The summed E-state index contributed by atoms with van der Waals surface area (Å²) in [6.07, 6.45) is 2.39. The molecule has 3 aromatic carbocycles. The molecule has 0 unspecified atom stereocenters. The first-order valence-electron chi connectivity index (χ1n) is 12.4. The maximum absolute atomic E-state index is 14.1. The molecule has 36 heavy (non-hydrogen) atoms. The third kappa shape index (κ3) is 3.34. The number of aryl methyl sites for hydroxylation is 1. The molecular formula is C30H28N2O3S. The highest BCUT2D eigenvalue weighted by Gasteiger charge is 2.62. The van der Waals surface area contributed by atoms with Crippen molar-refractivity contribution in [3.8, 4) is 0 Å². The number of benzene rings is 3. The lowest BCUT2D eigenvalue weighted by Crippen LogP contribution is -2.48. The van der Waals surface area contributed by atoms with Gasteiger partial charge in [0.15, 0.2) is 0 Å². The van der Waals surface area contributed by atoms with Gasteiger partial charge in [-0.1, -0.05) is 66.7 Å². The van der Waals surface area contributed by atoms with Gasteiger partial charge in [-0.25, -0.2) is 0 Å². The SMILES string of the molecule is CSCC[C@H](C(=O)Nc1ccccc1C)N1C(=O)[C@H]2C3c4ccccc4C(c4ccccc43)[C@@H]2C1=O. The van der Waals surface area contributed by atoms with Crippen LogP contribution >= 0.6 is 11.8 Å². The van der Waals surface area contributed by atoms with Gasteiger partial charge in [0.2, 0.25) is 17.7 Å². The van der Waals surface area contributed by atoms with Crippen molar-refractivity contribution in [3.63, 3.8) is 0 Å². The third-order valence-corrected chi connectivity index (χ3v) is 8.74. The molecule has 6 heteroatoms. The zero-order valence-electron chi connectivity index (χ0n) is 20.3. The number of nitrogens with one attached hydrogen (secondary N) is 1. The van der Waals surface area contributed by atoms with E-state index in [0.717, 1.165) is 27.8 Å². The smallest absolute Gasteiger partial charge is 0.247 e. The molecule has 1 aliphatic heterocycles. The minimum Gasteiger partial charge on any atom is -0.324 e. The number of hydrogen-bond donors (Lipinski definition) is 1. The van der Waals surface area contributed by atoms with E-state index in [0.29, 0.717) is 17.9 Å². The van der Waals surface area contributed by atoms with Crippen LogP contribution in [0.2, 0.25) is 0 Å². The number of rotatable bonds is 6. The second-order valence-electron chi connectivity index (χ2n) is 9.91. The number of imide groups is 1. The number of anilines is 1. The van der Waals surface area contributed by atoms with Gasteiger partial charge >= 0.3 is 0 Å². The Labute approximate surface area is 215 Å². The van der Waals surface area contributed by atoms with Crippen LogP contribution in [0.4, 0.5) is 5.69 Å². The van der Waals surface area contributed by atoms with Gasteiger partial charge in [0.05, 0.1) is 11.8 Å². The molecule has 4 aliphatic rings. The zero-order chi connectivity index (χ0) is 25.0. The van der Waals surface area contributed by atoms with Crippen LogP contribution in [0.25, 0.3) is 0 Å². The van der Waals surface area contributed by atoms with E-state index < -0.39 is 17.9 Å². The van der Waals surface area contributed by atoms with Crippen molar-refractivity contribution >= 4 is 35.2 Å². The van der Waals surface area contributed by atoms with Crippen LogP contribution in [-0.2, 0) is 14.4 Å². The molecule has 3 aliphatic carbocycles. The summed E-state index contributed by atoms with van der Waals surface area (Å²) in [5.74, 6) is -1.35. The number of carbonyl (C=O) groups excluding carboxylic acids is 3. The van der Waals surface area contributed by atoms with E-state index in [1.54, 1.807) is 11.8 Å². The van der Waals surface area contributed by atoms with E-state index in [1.165, 1.54) is 4.90 Å². The molecule has 2 bridgehead atoms. The van der Waals surface area contributed by atoms with Crippen LogP contribution in [0.3, 0.4) is 0 Å². The number of likely N-dealkylation sites (tertiary alicyclic amines) is 1. The molecule has 182 valence electrons. The first kappa shape index (κ1) is 23.0. The van der Waals surface area contributed by atoms with E-state index in [-0.39, 0.29) is 29.6 Å². The lowest BCUT2D eigenvalue weighted by molar-refractivity contribution is -0.146. The predicted octanol–water partition coefficient (Wildman–Crippen LogP) is 4.95. The van der Waals surface area contributed by atoms with Gasteiger partial charge in [0.25, 0.3) is 0 Å². The lowest BCUT2D eigenvalue weighted by atomic mass is 9.55. The normalized spacial score (nSPS) is 24.2. The van der Waals surface area contributed by atoms with Gasteiger partial charge in [-0.15, -0.1) is 0 Å². The zero-order valence-corrected chi connectivity index (χ0v) is 21.1. The van der Waals surface area contributed by atoms with Crippen molar-refractivity contribution in [2.45, 2.75) is 31.2 Å². The second-order valence-corrected chi connectivity index (χ2v) is 10.9. The Morgan fingerprint density at radius 2 is 1.31 bits per heavy atom. The number of hydrogen-bond acceptors (Lipinski definition) is 4. The summed E-state index contributed by atoms with van der Waals surface area (Å²) < 4.78 is 0. The molecule has 0 saturated carbocycles. The minimum atomic E-state index is -0.840. The van der Waals surface area contributed by atoms with Crippen molar-refractivity contribution < 1.29 is 14.4 Å². The maximum atomic E-state index is 14.1. The van der Waals surface area contributed by atoms with Crippen LogP contribution in [0, 0.1) is 18.8 Å². The van der Waals surface area contributed by atoms with Gasteiger partial charge in [0, 0.05) is 17.5 Å². The molecule has 5 nitrogen and oxygen atoms in total.